The van der Waals surface area contributed by atoms with Gasteiger partial charge in [-0.2, -0.15) is 0 Å². The van der Waals surface area contributed by atoms with Crippen LogP contribution in [0.1, 0.15) is 33.6 Å². The van der Waals surface area contributed by atoms with Crippen LogP contribution in [-0.4, -0.2) is 29.9 Å². The predicted octanol–water partition coefficient (Wildman–Crippen LogP) is 5.18. The van der Waals surface area contributed by atoms with Crippen molar-refractivity contribution in [1.29, 1.82) is 0 Å². The number of amides is 1. The number of esters is 1. The summed E-state index contributed by atoms with van der Waals surface area (Å²) >= 11 is 12.4. The van der Waals surface area contributed by atoms with E-state index in [1.807, 2.05) is 0 Å². The number of aromatic nitrogens is 1. The highest BCUT2D eigenvalue weighted by Crippen LogP contribution is 2.38. The lowest BCUT2D eigenvalue weighted by atomic mass is 10.1. The van der Waals surface area contributed by atoms with E-state index in [4.69, 9.17) is 32.5 Å². The fourth-order valence-corrected chi connectivity index (χ4v) is 3.33. The minimum absolute atomic E-state index is 0.000128. The van der Waals surface area contributed by atoms with Crippen LogP contribution in [0.2, 0.25) is 10.0 Å². The third-order valence-electron chi connectivity index (χ3n) is 4.28. The summed E-state index contributed by atoms with van der Waals surface area (Å²) in [6.45, 7) is 0. The first-order valence-electron chi connectivity index (χ1n) is 8.92. The molecular weight excluding hydrogens is 450 g/mol. The molecule has 0 bridgehead atoms. The number of anilines is 1. The Labute approximate surface area is 186 Å². The van der Waals surface area contributed by atoms with Crippen LogP contribution in [0.15, 0.2) is 47.0 Å². The molecule has 0 aliphatic heterocycles. The van der Waals surface area contributed by atoms with Gasteiger partial charge in [0, 0.05) is 24.0 Å². The van der Waals surface area contributed by atoms with Gasteiger partial charge in [0.2, 0.25) is 11.8 Å². The van der Waals surface area contributed by atoms with E-state index in [0.717, 1.165) is 19.2 Å². The van der Waals surface area contributed by atoms with Gasteiger partial charge in [-0.05, 0) is 36.4 Å². The molecule has 3 aromatic rings. The predicted molar refractivity (Wildman–Crippen MR) is 112 cm³/mol. The molecule has 2 aromatic carbocycles. The quantitative estimate of drug-likeness (QED) is 0.382. The molecule has 3 rings (SSSR count). The molecule has 1 heterocycles. The number of methoxy groups -OCH3 is 1. The van der Waals surface area contributed by atoms with Crippen molar-refractivity contribution in [2.24, 2.45) is 0 Å². The number of benzene rings is 2. The minimum atomic E-state index is -0.829. The molecule has 1 N–H and O–H groups in total. The van der Waals surface area contributed by atoms with Gasteiger partial charge in [-0.3, -0.25) is 14.9 Å². The molecule has 0 fully saturated rings. The van der Waals surface area contributed by atoms with Crippen molar-refractivity contribution in [3.05, 3.63) is 69.5 Å². The van der Waals surface area contributed by atoms with Crippen LogP contribution >= 0.6 is 23.2 Å². The van der Waals surface area contributed by atoms with Gasteiger partial charge in [0.1, 0.15) is 11.5 Å². The number of hydrogen-bond acceptors (Lipinski definition) is 6. The molecule has 1 amide bonds. The molecule has 1 aromatic heterocycles. The number of carbonyl (C=O) groups excluding carboxylic acids is 3. The number of carbonyl (C=O) groups is 3. The van der Waals surface area contributed by atoms with Crippen molar-refractivity contribution in [3.63, 3.8) is 0 Å². The highest BCUT2D eigenvalue weighted by atomic mass is 35.5. The van der Waals surface area contributed by atoms with Gasteiger partial charge in [-0.15, -0.1) is 0 Å². The summed E-state index contributed by atoms with van der Waals surface area (Å²) in [5.74, 6) is -2.51. The second kappa shape index (κ2) is 9.72. The Balaban J connectivity index is 1.79. The molecule has 0 aliphatic carbocycles. The largest absolute Gasteiger partial charge is 0.465 e. The van der Waals surface area contributed by atoms with Gasteiger partial charge in [-0.1, -0.05) is 34.4 Å². The first kappa shape index (κ1) is 22.5. The second-order valence-corrected chi connectivity index (χ2v) is 7.12. The Bertz CT molecular complexity index is 1120. The molecule has 0 saturated carbocycles. The number of hydrogen-bond donors (Lipinski definition) is 1. The molecule has 0 saturated heterocycles. The average Bonchev–Trinajstić information content (AvgIpc) is 3.14. The summed E-state index contributed by atoms with van der Waals surface area (Å²) in [5.41, 5.74) is 0.345. The molecule has 0 spiro atoms. The molecule has 160 valence electrons. The van der Waals surface area contributed by atoms with Gasteiger partial charge in [0.15, 0.2) is 11.3 Å². The van der Waals surface area contributed by atoms with E-state index in [1.54, 1.807) is 18.2 Å². The lowest BCUT2D eigenvalue weighted by Crippen LogP contribution is -2.15. The van der Waals surface area contributed by atoms with Gasteiger partial charge in [0.25, 0.3) is 0 Å². The lowest BCUT2D eigenvalue weighted by Gasteiger charge is -2.07. The molecule has 31 heavy (non-hydrogen) atoms. The van der Waals surface area contributed by atoms with E-state index in [9.17, 15) is 18.8 Å². The van der Waals surface area contributed by atoms with Crippen molar-refractivity contribution in [2.75, 3.05) is 12.4 Å². The molecule has 10 heteroatoms. The number of nitrogens with zero attached hydrogens (tertiary/aromatic N) is 1. The van der Waals surface area contributed by atoms with E-state index in [-0.39, 0.29) is 56.9 Å². The topological polar surface area (TPSA) is 98.5 Å². The fourth-order valence-electron chi connectivity index (χ4n) is 2.76. The maximum absolute atomic E-state index is 13.0. The SMILES string of the molecule is COC(=O)c1c(-c2c(Cl)cccc2Cl)noc1NC(=O)CCC(=O)c1ccc(F)cc1. The Morgan fingerprint density at radius 3 is 2.32 bits per heavy atom. The van der Waals surface area contributed by atoms with Crippen LogP contribution in [-0.2, 0) is 9.53 Å². The monoisotopic (exact) mass is 464 g/mol. The van der Waals surface area contributed by atoms with Gasteiger partial charge < -0.3 is 9.26 Å². The fraction of sp³-hybridized carbons (Fsp3) is 0.143. The Kier molecular flexibility index (Phi) is 7.04. The van der Waals surface area contributed by atoms with Crippen LogP contribution < -0.4 is 5.32 Å². The van der Waals surface area contributed by atoms with E-state index < -0.39 is 17.7 Å². The molecule has 7 nitrogen and oxygen atoms in total. The van der Waals surface area contributed by atoms with Crippen LogP contribution in [0.4, 0.5) is 10.3 Å². The summed E-state index contributed by atoms with van der Waals surface area (Å²) in [7, 11) is 1.15. The van der Waals surface area contributed by atoms with Crippen molar-refractivity contribution < 1.29 is 28.0 Å². The van der Waals surface area contributed by atoms with Gasteiger partial charge in [0.05, 0.1) is 17.2 Å². The van der Waals surface area contributed by atoms with E-state index in [1.165, 1.54) is 12.1 Å². The summed E-state index contributed by atoms with van der Waals surface area (Å²) in [5, 5.41) is 6.66. The molecule has 0 atom stereocenters. The first-order valence-corrected chi connectivity index (χ1v) is 9.68. The van der Waals surface area contributed by atoms with Crippen LogP contribution in [0.25, 0.3) is 11.3 Å². The second-order valence-electron chi connectivity index (χ2n) is 6.30. The third-order valence-corrected chi connectivity index (χ3v) is 4.91. The standard InChI is InChI=1S/C21H15Cl2FN2O5/c1-30-21(29)18-19(17-13(22)3-2-4-14(17)23)26-31-20(18)25-16(28)10-9-15(27)11-5-7-12(24)8-6-11/h2-8H,9-10H2,1H3,(H,25,28). The third kappa shape index (κ3) is 5.10. The smallest absolute Gasteiger partial charge is 0.345 e. The average molecular weight is 465 g/mol. The van der Waals surface area contributed by atoms with Crippen molar-refractivity contribution in [1.82, 2.24) is 5.16 Å². The first-order chi connectivity index (χ1) is 14.8. The van der Waals surface area contributed by atoms with Gasteiger partial charge in [-0.25, -0.2) is 9.18 Å². The highest BCUT2D eigenvalue weighted by Gasteiger charge is 2.28. The zero-order chi connectivity index (χ0) is 22.5. The zero-order valence-electron chi connectivity index (χ0n) is 16.1. The summed E-state index contributed by atoms with van der Waals surface area (Å²) < 4.78 is 22.9. The maximum Gasteiger partial charge on any atom is 0.345 e. The Morgan fingerprint density at radius 1 is 1.06 bits per heavy atom. The summed E-state index contributed by atoms with van der Waals surface area (Å²) in [4.78, 5) is 36.8. The van der Waals surface area contributed by atoms with E-state index in [2.05, 4.69) is 10.5 Å². The zero-order valence-corrected chi connectivity index (χ0v) is 17.6. The normalized spacial score (nSPS) is 10.6. The number of ether oxygens (including phenoxy) is 1. The number of rotatable bonds is 7. The van der Waals surface area contributed by atoms with Crippen LogP contribution in [0, 0.1) is 5.82 Å². The van der Waals surface area contributed by atoms with Crippen molar-refractivity contribution in [3.8, 4) is 11.3 Å². The van der Waals surface area contributed by atoms with Gasteiger partial charge >= 0.3 is 5.97 Å². The molecule has 0 radical (unpaired) electrons. The molecule has 0 aliphatic rings. The number of nitrogens with one attached hydrogen (secondary N) is 1. The number of ketones is 1. The van der Waals surface area contributed by atoms with Crippen molar-refractivity contribution >= 4 is 46.7 Å². The van der Waals surface area contributed by atoms with Crippen molar-refractivity contribution in [2.45, 2.75) is 12.8 Å². The number of halogens is 3. The van der Waals surface area contributed by atoms with Crippen LogP contribution in [0.3, 0.4) is 0 Å². The van der Waals surface area contributed by atoms with E-state index in [0.29, 0.717) is 0 Å². The maximum atomic E-state index is 13.0. The minimum Gasteiger partial charge on any atom is -0.465 e. The summed E-state index contributed by atoms with van der Waals surface area (Å²) in [6.07, 6.45) is -0.345. The van der Waals surface area contributed by atoms with E-state index >= 15 is 0 Å². The molecule has 0 unspecified atom stereocenters. The van der Waals surface area contributed by atoms with Crippen LogP contribution in [0.5, 0.6) is 0 Å². The Hall–Kier alpha value is -3.23. The number of Topliss-reactive ketones (excluding diaryl/α,β-unsaturated/α-hetero) is 1. The Morgan fingerprint density at radius 2 is 1.71 bits per heavy atom. The highest BCUT2D eigenvalue weighted by molar-refractivity contribution is 6.39. The summed E-state index contributed by atoms with van der Waals surface area (Å²) in [6, 6.07) is 9.71. The molecular formula is C21H15Cl2FN2O5. The lowest BCUT2D eigenvalue weighted by molar-refractivity contribution is -0.116.